The lowest BCUT2D eigenvalue weighted by atomic mass is 9.93. The zero-order valence-corrected chi connectivity index (χ0v) is 9.50. The zero-order valence-electron chi connectivity index (χ0n) is 9.50. The molecule has 0 amide bonds. The number of unbranched alkanes of at least 4 members (excludes halogenated alkanes) is 1. The third kappa shape index (κ3) is 3.83. The standard InChI is InChI=1S/C13H15NO3/c1-2-3-4-7-11(13(16)17)12(15)10-6-5-8-14-9-10/h2,5-6,8-9,11H,1,3-4,7H2,(H,16,17). The Balaban J connectivity index is 2.74. The van der Waals surface area contributed by atoms with Gasteiger partial charge in [0.15, 0.2) is 5.78 Å². The average Bonchev–Trinajstić information content (AvgIpc) is 2.34. The number of ketones is 1. The van der Waals surface area contributed by atoms with E-state index in [1.165, 1.54) is 6.20 Å². The second-order valence-corrected chi connectivity index (χ2v) is 3.72. The van der Waals surface area contributed by atoms with Gasteiger partial charge in [0.25, 0.3) is 0 Å². The van der Waals surface area contributed by atoms with Gasteiger partial charge in [-0.25, -0.2) is 0 Å². The van der Waals surface area contributed by atoms with Crippen LogP contribution in [0.2, 0.25) is 0 Å². The molecule has 0 aliphatic carbocycles. The first-order valence-electron chi connectivity index (χ1n) is 5.44. The van der Waals surface area contributed by atoms with Crippen molar-refractivity contribution in [3.8, 4) is 0 Å². The van der Waals surface area contributed by atoms with E-state index >= 15 is 0 Å². The maximum atomic E-state index is 11.9. The third-order valence-corrected chi connectivity index (χ3v) is 2.46. The molecule has 0 bridgehead atoms. The summed E-state index contributed by atoms with van der Waals surface area (Å²) in [5, 5.41) is 9.04. The van der Waals surface area contributed by atoms with Gasteiger partial charge < -0.3 is 5.11 Å². The highest BCUT2D eigenvalue weighted by molar-refractivity contribution is 6.07. The average molecular weight is 233 g/mol. The Kier molecular flexibility index (Phi) is 5.07. The first kappa shape index (κ1) is 13.1. The van der Waals surface area contributed by atoms with E-state index < -0.39 is 11.9 Å². The highest BCUT2D eigenvalue weighted by Gasteiger charge is 2.26. The van der Waals surface area contributed by atoms with E-state index in [-0.39, 0.29) is 5.78 Å². The normalized spacial score (nSPS) is 11.8. The van der Waals surface area contributed by atoms with Crippen LogP contribution in [0.15, 0.2) is 37.2 Å². The zero-order chi connectivity index (χ0) is 12.7. The molecule has 4 heteroatoms. The van der Waals surface area contributed by atoms with Crippen LogP contribution < -0.4 is 0 Å². The van der Waals surface area contributed by atoms with Crippen molar-refractivity contribution in [2.24, 2.45) is 5.92 Å². The van der Waals surface area contributed by atoms with Crippen LogP contribution in [0, 0.1) is 5.92 Å². The molecule has 1 atom stereocenters. The Bertz CT molecular complexity index is 400. The molecule has 17 heavy (non-hydrogen) atoms. The van der Waals surface area contributed by atoms with E-state index in [0.717, 1.165) is 0 Å². The molecule has 1 N–H and O–H groups in total. The fourth-order valence-corrected chi connectivity index (χ4v) is 1.54. The van der Waals surface area contributed by atoms with Crippen LogP contribution >= 0.6 is 0 Å². The Labute approximate surface area is 100.0 Å². The van der Waals surface area contributed by atoms with Gasteiger partial charge in [-0.15, -0.1) is 6.58 Å². The molecule has 0 fully saturated rings. The molecule has 1 aromatic heterocycles. The van der Waals surface area contributed by atoms with E-state index in [2.05, 4.69) is 11.6 Å². The Hall–Kier alpha value is -1.97. The number of nitrogens with zero attached hydrogens (tertiary/aromatic N) is 1. The van der Waals surface area contributed by atoms with Crippen molar-refractivity contribution < 1.29 is 14.7 Å². The molecule has 1 unspecified atom stereocenters. The molecule has 1 heterocycles. The minimum atomic E-state index is -1.08. The van der Waals surface area contributed by atoms with Gasteiger partial charge in [-0.05, 0) is 31.4 Å². The number of carbonyl (C=O) groups excluding carboxylic acids is 1. The predicted octanol–water partition coefficient (Wildman–Crippen LogP) is 2.32. The molecule has 0 saturated carbocycles. The Morgan fingerprint density at radius 1 is 1.53 bits per heavy atom. The molecule has 0 aromatic carbocycles. The second kappa shape index (κ2) is 6.58. The number of carbonyl (C=O) groups is 2. The third-order valence-electron chi connectivity index (χ3n) is 2.46. The van der Waals surface area contributed by atoms with Gasteiger partial charge >= 0.3 is 5.97 Å². The maximum Gasteiger partial charge on any atom is 0.314 e. The quantitative estimate of drug-likeness (QED) is 0.339. The first-order valence-corrected chi connectivity index (χ1v) is 5.44. The minimum Gasteiger partial charge on any atom is -0.481 e. The Morgan fingerprint density at radius 3 is 2.82 bits per heavy atom. The number of hydrogen-bond acceptors (Lipinski definition) is 3. The molecule has 0 spiro atoms. The van der Waals surface area contributed by atoms with Gasteiger partial charge in [0, 0.05) is 18.0 Å². The van der Waals surface area contributed by atoms with Crippen molar-refractivity contribution in [1.29, 1.82) is 0 Å². The van der Waals surface area contributed by atoms with Gasteiger partial charge in [0.2, 0.25) is 0 Å². The van der Waals surface area contributed by atoms with E-state index in [9.17, 15) is 9.59 Å². The second-order valence-electron chi connectivity index (χ2n) is 3.72. The van der Waals surface area contributed by atoms with Gasteiger partial charge in [0.05, 0.1) is 0 Å². The largest absolute Gasteiger partial charge is 0.481 e. The van der Waals surface area contributed by atoms with Crippen molar-refractivity contribution in [2.45, 2.75) is 19.3 Å². The molecule has 1 aromatic rings. The van der Waals surface area contributed by atoms with E-state index in [4.69, 9.17) is 5.11 Å². The molecular weight excluding hydrogens is 218 g/mol. The smallest absolute Gasteiger partial charge is 0.314 e. The number of hydrogen-bond donors (Lipinski definition) is 1. The summed E-state index contributed by atoms with van der Waals surface area (Å²) in [6, 6.07) is 3.20. The Morgan fingerprint density at radius 2 is 2.29 bits per heavy atom. The van der Waals surface area contributed by atoms with Crippen molar-refractivity contribution in [1.82, 2.24) is 4.98 Å². The fraction of sp³-hybridized carbons (Fsp3) is 0.308. The van der Waals surface area contributed by atoms with Crippen molar-refractivity contribution in [2.75, 3.05) is 0 Å². The molecule has 4 nitrogen and oxygen atoms in total. The van der Waals surface area contributed by atoms with Crippen LogP contribution in [-0.2, 0) is 4.79 Å². The lowest BCUT2D eigenvalue weighted by Gasteiger charge is -2.10. The summed E-state index contributed by atoms with van der Waals surface area (Å²) in [5.41, 5.74) is 0.346. The molecule has 0 aliphatic heterocycles. The predicted molar refractivity (Wildman–Crippen MR) is 63.7 cm³/mol. The number of rotatable bonds is 7. The van der Waals surface area contributed by atoms with Gasteiger partial charge in [-0.3, -0.25) is 14.6 Å². The van der Waals surface area contributed by atoms with Crippen LogP contribution in [0.3, 0.4) is 0 Å². The van der Waals surface area contributed by atoms with Crippen LogP contribution in [0.4, 0.5) is 0 Å². The summed E-state index contributed by atoms with van der Waals surface area (Å²) in [7, 11) is 0. The van der Waals surface area contributed by atoms with Gasteiger partial charge in [-0.1, -0.05) is 6.08 Å². The van der Waals surface area contributed by atoms with E-state index in [0.29, 0.717) is 24.8 Å². The number of pyridine rings is 1. The van der Waals surface area contributed by atoms with E-state index in [1.807, 2.05) is 0 Å². The summed E-state index contributed by atoms with van der Waals surface area (Å²) >= 11 is 0. The number of carboxylic acid groups (broad SMARTS) is 1. The molecule has 90 valence electrons. The summed E-state index contributed by atoms with van der Waals surface area (Å²) in [6.45, 7) is 3.56. The topological polar surface area (TPSA) is 67.3 Å². The van der Waals surface area contributed by atoms with Gasteiger partial charge in [0.1, 0.15) is 5.92 Å². The number of allylic oxidation sites excluding steroid dienone is 1. The maximum absolute atomic E-state index is 11.9. The van der Waals surface area contributed by atoms with Crippen LogP contribution in [-0.4, -0.2) is 21.8 Å². The molecule has 1 rings (SSSR count). The summed E-state index contributed by atoms with van der Waals surface area (Å²) < 4.78 is 0. The lowest BCUT2D eigenvalue weighted by Crippen LogP contribution is -2.24. The van der Waals surface area contributed by atoms with Crippen LogP contribution in [0.1, 0.15) is 29.6 Å². The SMILES string of the molecule is C=CCCCC(C(=O)O)C(=O)c1cccnc1. The molecule has 0 saturated heterocycles. The van der Waals surface area contributed by atoms with Crippen molar-refractivity contribution in [3.63, 3.8) is 0 Å². The highest BCUT2D eigenvalue weighted by atomic mass is 16.4. The number of carboxylic acids is 1. The van der Waals surface area contributed by atoms with Crippen LogP contribution in [0.25, 0.3) is 0 Å². The number of aliphatic carboxylic acids is 1. The van der Waals surface area contributed by atoms with Crippen molar-refractivity contribution >= 4 is 11.8 Å². The number of Topliss-reactive ketones (excluding diaryl/α,β-unsaturated/α-hetero) is 1. The fourth-order valence-electron chi connectivity index (χ4n) is 1.54. The molecule has 0 radical (unpaired) electrons. The van der Waals surface area contributed by atoms with Crippen LogP contribution in [0.5, 0.6) is 0 Å². The lowest BCUT2D eigenvalue weighted by molar-refractivity contribution is -0.140. The summed E-state index contributed by atoms with van der Waals surface area (Å²) in [6.07, 6.45) is 6.34. The number of aromatic nitrogens is 1. The van der Waals surface area contributed by atoms with Crippen molar-refractivity contribution in [3.05, 3.63) is 42.7 Å². The highest BCUT2D eigenvalue weighted by Crippen LogP contribution is 2.15. The monoisotopic (exact) mass is 233 g/mol. The summed E-state index contributed by atoms with van der Waals surface area (Å²) in [5.74, 6) is -2.45. The summed E-state index contributed by atoms with van der Waals surface area (Å²) in [4.78, 5) is 26.8. The molecular formula is C13H15NO3. The molecule has 0 aliphatic rings. The van der Waals surface area contributed by atoms with Gasteiger partial charge in [-0.2, -0.15) is 0 Å². The first-order chi connectivity index (χ1) is 8.16. The van der Waals surface area contributed by atoms with E-state index in [1.54, 1.807) is 24.4 Å². The minimum absolute atomic E-state index is 0.328.